The van der Waals surface area contributed by atoms with E-state index >= 15 is 0 Å². The van der Waals surface area contributed by atoms with E-state index in [1.165, 1.54) is 0 Å². The monoisotopic (exact) mass is 279 g/mol. The molecule has 1 amide bonds. The van der Waals surface area contributed by atoms with Gasteiger partial charge < -0.3 is 9.64 Å². The molecule has 1 fully saturated rings. The Bertz CT molecular complexity index is 462. The number of carbonyl (C=O) groups is 1. The van der Waals surface area contributed by atoms with Crippen molar-refractivity contribution in [2.45, 2.75) is 27.2 Å². The number of hydrogen-bond acceptors (Lipinski definition) is 3. The summed E-state index contributed by atoms with van der Waals surface area (Å²) in [7, 11) is 1.83. The minimum atomic E-state index is 0.0775. The predicted octanol–water partition coefficient (Wildman–Crippen LogP) is 1.86. The van der Waals surface area contributed by atoms with E-state index in [9.17, 15) is 4.79 Å². The molecule has 1 atom stereocenters. The van der Waals surface area contributed by atoms with Gasteiger partial charge in [0.2, 0.25) is 0 Å². The maximum Gasteiger partial charge on any atom is 0.272 e. The first kappa shape index (κ1) is 15.0. The highest BCUT2D eigenvalue weighted by Gasteiger charge is 2.25. The van der Waals surface area contributed by atoms with E-state index < -0.39 is 0 Å². The van der Waals surface area contributed by atoms with Crippen molar-refractivity contribution < 1.29 is 9.53 Å². The number of nitrogens with zero attached hydrogens (tertiary/aromatic N) is 3. The zero-order valence-corrected chi connectivity index (χ0v) is 12.9. The smallest absolute Gasteiger partial charge is 0.272 e. The van der Waals surface area contributed by atoms with E-state index in [0.717, 1.165) is 38.4 Å². The van der Waals surface area contributed by atoms with Crippen LogP contribution in [0.15, 0.2) is 6.07 Å². The fourth-order valence-corrected chi connectivity index (χ4v) is 2.69. The molecule has 112 valence electrons. The second kappa shape index (κ2) is 6.39. The number of ether oxygens (including phenoxy) is 1. The summed E-state index contributed by atoms with van der Waals surface area (Å²) >= 11 is 0. The lowest BCUT2D eigenvalue weighted by Crippen LogP contribution is -2.39. The highest BCUT2D eigenvalue weighted by Crippen LogP contribution is 2.17. The molecule has 5 heteroatoms. The minimum absolute atomic E-state index is 0.0775. The molecule has 0 spiro atoms. The van der Waals surface area contributed by atoms with Crippen LogP contribution in [0.1, 0.15) is 36.5 Å². The minimum Gasteiger partial charge on any atom is -0.381 e. The normalized spacial score (nSPS) is 18.8. The molecule has 0 N–H and O–H groups in total. The van der Waals surface area contributed by atoms with Crippen LogP contribution >= 0.6 is 0 Å². The summed E-state index contributed by atoms with van der Waals surface area (Å²) < 4.78 is 7.10. The molecule has 1 aromatic rings. The van der Waals surface area contributed by atoms with Crippen LogP contribution in [-0.4, -0.2) is 46.9 Å². The van der Waals surface area contributed by atoms with Crippen molar-refractivity contribution in [2.75, 3.05) is 26.3 Å². The van der Waals surface area contributed by atoms with Crippen LogP contribution in [0.25, 0.3) is 0 Å². The first-order valence-corrected chi connectivity index (χ1v) is 7.35. The summed E-state index contributed by atoms with van der Waals surface area (Å²) in [6, 6.07) is 1.86. The molecule has 0 radical (unpaired) electrons. The molecule has 5 nitrogen and oxygen atoms in total. The second-order valence-corrected chi connectivity index (χ2v) is 6.13. The average molecular weight is 279 g/mol. The Hall–Kier alpha value is -1.36. The van der Waals surface area contributed by atoms with Gasteiger partial charge in [-0.3, -0.25) is 9.48 Å². The van der Waals surface area contributed by atoms with Crippen LogP contribution in [0.4, 0.5) is 0 Å². The van der Waals surface area contributed by atoms with E-state index in [4.69, 9.17) is 4.74 Å². The van der Waals surface area contributed by atoms with Crippen molar-refractivity contribution in [2.24, 2.45) is 18.9 Å². The third kappa shape index (κ3) is 3.60. The number of rotatable bonds is 5. The lowest BCUT2D eigenvalue weighted by atomic mass is 10.1. The van der Waals surface area contributed by atoms with Crippen molar-refractivity contribution in [1.82, 2.24) is 14.7 Å². The van der Waals surface area contributed by atoms with E-state index in [2.05, 4.69) is 18.9 Å². The lowest BCUT2D eigenvalue weighted by Gasteiger charge is -2.27. The summed E-state index contributed by atoms with van der Waals surface area (Å²) in [5, 5.41) is 4.27. The summed E-state index contributed by atoms with van der Waals surface area (Å²) in [5.74, 6) is 0.997. The number of aryl methyl sites for hydroxylation is 2. The van der Waals surface area contributed by atoms with Crippen molar-refractivity contribution in [3.8, 4) is 0 Å². The maximum absolute atomic E-state index is 12.7. The van der Waals surface area contributed by atoms with Crippen molar-refractivity contribution in [3.05, 3.63) is 17.5 Å². The SMILES string of the molecule is Cc1cc(C(=O)N(CC(C)C)CC2CCOC2)n(C)n1. The molecule has 1 aliphatic heterocycles. The van der Waals surface area contributed by atoms with Crippen molar-refractivity contribution >= 4 is 5.91 Å². The fourth-order valence-electron chi connectivity index (χ4n) is 2.69. The summed E-state index contributed by atoms with van der Waals surface area (Å²) in [6.45, 7) is 9.33. The summed E-state index contributed by atoms with van der Waals surface area (Å²) in [5.41, 5.74) is 1.55. The average Bonchev–Trinajstić information content (AvgIpc) is 2.96. The number of hydrogen-bond donors (Lipinski definition) is 0. The Labute approximate surface area is 120 Å². The first-order valence-electron chi connectivity index (χ1n) is 7.35. The standard InChI is InChI=1S/C15H25N3O2/c1-11(2)8-18(9-13-5-6-20-10-13)15(19)14-7-12(3)16-17(14)4/h7,11,13H,5-6,8-10H2,1-4H3. The topological polar surface area (TPSA) is 47.4 Å². The molecule has 1 saturated heterocycles. The van der Waals surface area contributed by atoms with Gasteiger partial charge in [-0.15, -0.1) is 0 Å². The first-order chi connectivity index (χ1) is 9.47. The van der Waals surface area contributed by atoms with Crippen molar-refractivity contribution in [3.63, 3.8) is 0 Å². The number of aromatic nitrogens is 2. The van der Waals surface area contributed by atoms with Crippen LogP contribution in [-0.2, 0) is 11.8 Å². The van der Waals surface area contributed by atoms with Gasteiger partial charge in [0.1, 0.15) is 5.69 Å². The van der Waals surface area contributed by atoms with Gasteiger partial charge in [0.15, 0.2) is 0 Å². The van der Waals surface area contributed by atoms with Gasteiger partial charge in [0, 0.05) is 32.7 Å². The Morgan fingerprint density at radius 2 is 2.35 bits per heavy atom. The van der Waals surface area contributed by atoms with Gasteiger partial charge >= 0.3 is 0 Å². The summed E-state index contributed by atoms with van der Waals surface area (Å²) in [4.78, 5) is 14.7. The molecule has 1 unspecified atom stereocenters. The second-order valence-electron chi connectivity index (χ2n) is 6.13. The van der Waals surface area contributed by atoms with Gasteiger partial charge in [-0.05, 0) is 25.3 Å². The lowest BCUT2D eigenvalue weighted by molar-refractivity contribution is 0.0687. The third-order valence-corrected chi connectivity index (χ3v) is 3.60. The Balaban J connectivity index is 2.12. The van der Waals surface area contributed by atoms with Gasteiger partial charge in [0.25, 0.3) is 5.91 Å². The molecule has 0 saturated carbocycles. The maximum atomic E-state index is 12.7. The van der Waals surface area contributed by atoms with E-state index in [1.54, 1.807) is 4.68 Å². The Kier molecular flexibility index (Phi) is 4.81. The largest absolute Gasteiger partial charge is 0.381 e. The fraction of sp³-hybridized carbons (Fsp3) is 0.733. The van der Waals surface area contributed by atoms with Crippen LogP contribution in [0.2, 0.25) is 0 Å². The van der Waals surface area contributed by atoms with Gasteiger partial charge in [0.05, 0.1) is 12.3 Å². The molecule has 1 aromatic heterocycles. The zero-order valence-electron chi connectivity index (χ0n) is 12.9. The summed E-state index contributed by atoms with van der Waals surface area (Å²) in [6.07, 6.45) is 1.05. The highest BCUT2D eigenvalue weighted by molar-refractivity contribution is 5.92. The van der Waals surface area contributed by atoms with Crippen LogP contribution < -0.4 is 0 Å². The molecule has 0 aromatic carbocycles. The molecule has 20 heavy (non-hydrogen) atoms. The Morgan fingerprint density at radius 3 is 2.85 bits per heavy atom. The predicted molar refractivity (Wildman–Crippen MR) is 77.6 cm³/mol. The van der Waals surface area contributed by atoms with Crippen LogP contribution in [0.3, 0.4) is 0 Å². The third-order valence-electron chi connectivity index (χ3n) is 3.60. The van der Waals surface area contributed by atoms with Gasteiger partial charge in [-0.2, -0.15) is 5.10 Å². The molecule has 0 bridgehead atoms. The number of carbonyl (C=O) groups excluding carboxylic acids is 1. The van der Waals surface area contributed by atoms with Crippen molar-refractivity contribution in [1.29, 1.82) is 0 Å². The Morgan fingerprint density at radius 1 is 1.60 bits per heavy atom. The van der Waals surface area contributed by atoms with Crippen LogP contribution in [0, 0.1) is 18.8 Å². The molecule has 1 aliphatic rings. The quantitative estimate of drug-likeness (QED) is 0.826. The van der Waals surface area contributed by atoms with Gasteiger partial charge in [-0.1, -0.05) is 13.8 Å². The van der Waals surface area contributed by atoms with Crippen LogP contribution in [0.5, 0.6) is 0 Å². The molecule has 0 aliphatic carbocycles. The van der Waals surface area contributed by atoms with E-state index in [1.807, 2.05) is 24.9 Å². The molecule has 2 heterocycles. The molecule has 2 rings (SSSR count). The van der Waals surface area contributed by atoms with E-state index in [0.29, 0.717) is 17.5 Å². The molecular formula is C15H25N3O2. The van der Waals surface area contributed by atoms with E-state index in [-0.39, 0.29) is 5.91 Å². The number of amides is 1. The highest BCUT2D eigenvalue weighted by atomic mass is 16.5. The zero-order chi connectivity index (χ0) is 14.7. The molecular weight excluding hydrogens is 254 g/mol. The van der Waals surface area contributed by atoms with Gasteiger partial charge in [-0.25, -0.2) is 0 Å².